The highest BCUT2D eigenvalue weighted by Gasteiger charge is 2.41. The zero-order chi connectivity index (χ0) is 18.4. The zero-order valence-electron chi connectivity index (χ0n) is 14.1. The molecule has 0 aliphatic carbocycles. The Labute approximate surface area is 156 Å². The lowest BCUT2D eigenvalue weighted by Gasteiger charge is -2.36. The Morgan fingerprint density at radius 1 is 1.00 bits per heavy atom. The van der Waals surface area contributed by atoms with E-state index in [9.17, 15) is 4.79 Å². The van der Waals surface area contributed by atoms with E-state index < -0.39 is 18.0 Å². The molecule has 0 saturated carbocycles. The number of para-hydroxylation sites is 1. The van der Waals surface area contributed by atoms with Gasteiger partial charge in [0.2, 0.25) is 5.79 Å². The Hall–Kier alpha value is -1.79. The quantitative estimate of drug-likeness (QED) is 0.706. The number of methoxy groups -OCH3 is 2. The number of hydrogen-bond donors (Lipinski definition) is 1. The highest BCUT2D eigenvalue weighted by atomic mass is 35.5. The molecule has 5 nitrogen and oxygen atoms in total. The van der Waals surface area contributed by atoms with Gasteiger partial charge >= 0.3 is 6.09 Å². The first-order valence-electron chi connectivity index (χ1n) is 7.52. The number of hydrogen-bond acceptors (Lipinski definition) is 4. The van der Waals surface area contributed by atoms with E-state index in [2.05, 4.69) is 5.32 Å². The van der Waals surface area contributed by atoms with Gasteiger partial charge in [0.05, 0.1) is 15.7 Å². The molecule has 1 atom stereocenters. The maximum absolute atomic E-state index is 12.3. The van der Waals surface area contributed by atoms with Crippen LogP contribution in [0.15, 0.2) is 48.5 Å². The molecule has 2 aromatic carbocycles. The van der Waals surface area contributed by atoms with Crippen LogP contribution in [0.3, 0.4) is 0 Å². The first kappa shape index (κ1) is 19.5. The molecular formula is C18H19Cl2NO4. The number of amides is 1. The van der Waals surface area contributed by atoms with E-state index in [4.69, 9.17) is 37.4 Å². The predicted molar refractivity (Wildman–Crippen MR) is 98.2 cm³/mol. The van der Waals surface area contributed by atoms with Crippen molar-refractivity contribution in [3.05, 3.63) is 64.1 Å². The molecule has 1 N–H and O–H groups in total. The van der Waals surface area contributed by atoms with Gasteiger partial charge in [0.15, 0.2) is 6.10 Å². The lowest BCUT2D eigenvalue weighted by atomic mass is 10.0. The van der Waals surface area contributed by atoms with E-state index in [1.54, 1.807) is 25.1 Å². The van der Waals surface area contributed by atoms with E-state index in [1.165, 1.54) is 14.2 Å². The second kappa shape index (κ2) is 8.54. The molecule has 7 heteroatoms. The van der Waals surface area contributed by atoms with Gasteiger partial charge in [-0.2, -0.15) is 0 Å². The van der Waals surface area contributed by atoms with Gasteiger partial charge in [-0.15, -0.1) is 0 Å². The highest BCUT2D eigenvalue weighted by molar-refractivity contribution is 6.39. The van der Waals surface area contributed by atoms with E-state index in [-0.39, 0.29) is 5.69 Å². The summed E-state index contributed by atoms with van der Waals surface area (Å²) in [7, 11) is 2.97. The van der Waals surface area contributed by atoms with Gasteiger partial charge < -0.3 is 14.2 Å². The number of anilines is 1. The summed E-state index contributed by atoms with van der Waals surface area (Å²) in [5, 5.41) is 3.17. The summed E-state index contributed by atoms with van der Waals surface area (Å²) >= 11 is 12.1. The number of rotatable bonds is 6. The fourth-order valence-electron chi connectivity index (χ4n) is 2.54. The molecule has 0 aliphatic heterocycles. The van der Waals surface area contributed by atoms with Crippen molar-refractivity contribution in [1.82, 2.24) is 0 Å². The minimum absolute atomic E-state index is 0.281. The first-order chi connectivity index (χ1) is 11.9. The maximum Gasteiger partial charge on any atom is 0.412 e. The Bertz CT molecular complexity index is 700. The molecule has 0 saturated heterocycles. The van der Waals surface area contributed by atoms with Crippen LogP contribution in [0.5, 0.6) is 0 Å². The summed E-state index contributed by atoms with van der Waals surface area (Å²) in [4.78, 5) is 12.3. The van der Waals surface area contributed by atoms with Crippen molar-refractivity contribution in [2.45, 2.75) is 18.8 Å². The van der Waals surface area contributed by atoms with E-state index >= 15 is 0 Å². The average molecular weight is 384 g/mol. The van der Waals surface area contributed by atoms with Crippen LogP contribution in [0.1, 0.15) is 12.5 Å². The Balaban J connectivity index is 2.18. The van der Waals surface area contributed by atoms with Crippen molar-refractivity contribution >= 4 is 35.0 Å². The lowest BCUT2D eigenvalue weighted by Crippen LogP contribution is -2.44. The number of halogens is 2. The lowest BCUT2D eigenvalue weighted by molar-refractivity contribution is -0.263. The summed E-state index contributed by atoms with van der Waals surface area (Å²) in [5.74, 6) is -1.25. The van der Waals surface area contributed by atoms with Gasteiger partial charge in [-0.3, -0.25) is 5.32 Å². The van der Waals surface area contributed by atoms with Crippen LogP contribution in [0.2, 0.25) is 10.0 Å². The van der Waals surface area contributed by atoms with Crippen LogP contribution in [-0.2, 0) is 20.0 Å². The van der Waals surface area contributed by atoms with Crippen LogP contribution >= 0.6 is 23.2 Å². The third kappa shape index (κ3) is 4.25. The van der Waals surface area contributed by atoms with Gasteiger partial charge in [-0.05, 0) is 19.1 Å². The molecule has 0 radical (unpaired) electrons. The van der Waals surface area contributed by atoms with Gasteiger partial charge in [-0.25, -0.2) is 4.79 Å². The second-order valence-electron chi connectivity index (χ2n) is 5.21. The summed E-state index contributed by atoms with van der Waals surface area (Å²) < 4.78 is 16.6. The van der Waals surface area contributed by atoms with Crippen molar-refractivity contribution in [2.75, 3.05) is 19.5 Å². The molecule has 25 heavy (non-hydrogen) atoms. The van der Waals surface area contributed by atoms with E-state index in [0.717, 1.165) is 5.56 Å². The molecule has 2 rings (SSSR count). The van der Waals surface area contributed by atoms with Gasteiger partial charge in [0.1, 0.15) is 0 Å². The number of ether oxygens (including phenoxy) is 3. The Morgan fingerprint density at radius 2 is 1.56 bits per heavy atom. The van der Waals surface area contributed by atoms with Gasteiger partial charge in [0.25, 0.3) is 0 Å². The minimum atomic E-state index is -1.25. The molecule has 0 aromatic heterocycles. The van der Waals surface area contributed by atoms with Crippen LogP contribution in [-0.4, -0.2) is 26.4 Å². The molecule has 1 amide bonds. The Kier molecular flexibility index (Phi) is 6.67. The second-order valence-corrected chi connectivity index (χ2v) is 6.03. The Morgan fingerprint density at radius 3 is 2.08 bits per heavy atom. The molecule has 0 aliphatic rings. The smallest absolute Gasteiger partial charge is 0.412 e. The van der Waals surface area contributed by atoms with Crippen molar-refractivity contribution in [1.29, 1.82) is 0 Å². The third-order valence-electron chi connectivity index (χ3n) is 3.79. The minimum Gasteiger partial charge on any atom is -0.440 e. The molecule has 134 valence electrons. The highest BCUT2D eigenvalue weighted by Crippen LogP contribution is 2.33. The molecule has 0 bridgehead atoms. The average Bonchev–Trinajstić information content (AvgIpc) is 2.61. The van der Waals surface area contributed by atoms with Gasteiger partial charge in [-0.1, -0.05) is 59.6 Å². The van der Waals surface area contributed by atoms with Crippen molar-refractivity contribution < 1.29 is 19.0 Å². The van der Waals surface area contributed by atoms with Crippen molar-refractivity contribution in [3.63, 3.8) is 0 Å². The summed E-state index contributed by atoms with van der Waals surface area (Å²) in [6.45, 7) is 1.67. The molecule has 1 unspecified atom stereocenters. The van der Waals surface area contributed by atoms with Crippen LogP contribution in [0.4, 0.5) is 10.5 Å². The number of carbonyl (C=O) groups excluding carboxylic acids is 1. The molecule has 0 spiro atoms. The predicted octanol–water partition coefficient (Wildman–Crippen LogP) is 5.08. The van der Waals surface area contributed by atoms with E-state index in [1.807, 2.05) is 30.3 Å². The monoisotopic (exact) mass is 383 g/mol. The first-order valence-corrected chi connectivity index (χ1v) is 8.27. The zero-order valence-corrected chi connectivity index (χ0v) is 15.6. The normalized spacial score (nSPS) is 12.5. The fraction of sp³-hybridized carbons (Fsp3) is 0.278. The molecule has 2 aromatic rings. The topological polar surface area (TPSA) is 56.8 Å². The van der Waals surface area contributed by atoms with Crippen molar-refractivity contribution in [3.8, 4) is 0 Å². The maximum atomic E-state index is 12.3. The largest absolute Gasteiger partial charge is 0.440 e. The van der Waals surface area contributed by atoms with Gasteiger partial charge in [0, 0.05) is 19.8 Å². The SMILES string of the molecule is COC(OC)(c1ccccc1)C(C)OC(=O)Nc1c(Cl)cccc1Cl. The van der Waals surface area contributed by atoms with Crippen molar-refractivity contribution in [2.24, 2.45) is 0 Å². The van der Waals surface area contributed by atoms with Crippen LogP contribution < -0.4 is 5.32 Å². The number of carbonyl (C=O) groups is 1. The molecule has 0 fully saturated rings. The summed E-state index contributed by atoms with van der Waals surface area (Å²) in [6, 6.07) is 14.1. The number of nitrogens with one attached hydrogen (secondary N) is 1. The van der Waals surface area contributed by atoms with Crippen LogP contribution in [0, 0.1) is 0 Å². The third-order valence-corrected chi connectivity index (χ3v) is 4.42. The molecular weight excluding hydrogens is 365 g/mol. The summed E-state index contributed by atoms with van der Waals surface area (Å²) in [5.41, 5.74) is 0.999. The number of benzene rings is 2. The molecule has 0 heterocycles. The summed E-state index contributed by atoms with van der Waals surface area (Å²) in [6.07, 6.45) is -1.48. The van der Waals surface area contributed by atoms with E-state index in [0.29, 0.717) is 10.0 Å². The fourth-order valence-corrected chi connectivity index (χ4v) is 3.03. The standard InChI is InChI=1S/C18H19Cl2NO4/c1-12(18(23-2,24-3)13-8-5-4-6-9-13)25-17(22)21-16-14(19)10-7-11-15(16)20/h4-12H,1-3H3,(H,21,22). The van der Waals surface area contributed by atoms with Crippen LogP contribution in [0.25, 0.3) is 0 Å².